The number of amides is 1. The first-order chi connectivity index (χ1) is 14.5. The van der Waals surface area contributed by atoms with Crippen LogP contribution in [-0.2, 0) is 17.7 Å². The van der Waals surface area contributed by atoms with Crippen molar-refractivity contribution in [3.8, 4) is 0 Å². The molecule has 2 aliphatic rings. The van der Waals surface area contributed by atoms with E-state index in [1.807, 2.05) is 0 Å². The molecule has 30 heavy (non-hydrogen) atoms. The number of hydrogen-bond donors (Lipinski definition) is 1. The maximum Gasteiger partial charge on any atom is 0.254 e. The van der Waals surface area contributed by atoms with Gasteiger partial charge >= 0.3 is 0 Å². The van der Waals surface area contributed by atoms with E-state index in [4.69, 9.17) is 9.15 Å². The molecular formula is C24H33N3O3. The van der Waals surface area contributed by atoms with Crippen LogP contribution < -0.4 is 10.2 Å². The molecule has 2 aliphatic heterocycles. The van der Waals surface area contributed by atoms with Gasteiger partial charge in [0, 0.05) is 37.9 Å². The molecule has 2 unspecified atom stereocenters. The van der Waals surface area contributed by atoms with Gasteiger partial charge in [0.2, 0.25) is 0 Å². The summed E-state index contributed by atoms with van der Waals surface area (Å²) in [6, 6.07) is 10.6. The fourth-order valence-corrected chi connectivity index (χ4v) is 4.58. The molecule has 6 heteroatoms. The van der Waals surface area contributed by atoms with Crippen LogP contribution in [0.5, 0.6) is 0 Å². The molecule has 1 fully saturated rings. The Labute approximate surface area is 179 Å². The van der Waals surface area contributed by atoms with Crippen molar-refractivity contribution in [2.24, 2.45) is 5.92 Å². The molecule has 1 saturated heterocycles. The van der Waals surface area contributed by atoms with E-state index in [1.165, 1.54) is 11.3 Å². The van der Waals surface area contributed by atoms with Crippen LogP contribution in [0.3, 0.4) is 0 Å². The highest BCUT2D eigenvalue weighted by molar-refractivity contribution is 5.95. The summed E-state index contributed by atoms with van der Waals surface area (Å²) in [5.41, 5.74) is 3.19. The predicted molar refractivity (Wildman–Crippen MR) is 118 cm³/mol. The molecule has 0 spiro atoms. The first-order valence-corrected chi connectivity index (χ1v) is 11.0. The number of morpholine rings is 1. The zero-order valence-corrected chi connectivity index (χ0v) is 18.3. The number of ether oxygens (including phenoxy) is 1. The molecule has 6 nitrogen and oxygen atoms in total. The Hall–Kier alpha value is -2.31. The monoisotopic (exact) mass is 411 g/mol. The van der Waals surface area contributed by atoms with Crippen LogP contribution >= 0.6 is 0 Å². The van der Waals surface area contributed by atoms with Crippen molar-refractivity contribution >= 4 is 11.6 Å². The van der Waals surface area contributed by atoms with Gasteiger partial charge in [-0.1, -0.05) is 32.0 Å². The van der Waals surface area contributed by atoms with Crippen LogP contribution in [-0.4, -0.2) is 55.7 Å². The van der Waals surface area contributed by atoms with Gasteiger partial charge in [0.1, 0.15) is 5.76 Å². The quantitative estimate of drug-likeness (QED) is 0.758. The van der Waals surface area contributed by atoms with Crippen molar-refractivity contribution in [1.29, 1.82) is 0 Å². The Balaban J connectivity index is 1.36. The lowest BCUT2D eigenvalue weighted by Gasteiger charge is -2.33. The minimum absolute atomic E-state index is 0.0299. The number of hydrogen-bond acceptors (Lipinski definition) is 5. The van der Waals surface area contributed by atoms with Gasteiger partial charge in [-0.25, -0.2) is 0 Å². The van der Waals surface area contributed by atoms with Crippen LogP contribution in [0.15, 0.2) is 41.0 Å². The van der Waals surface area contributed by atoms with Crippen LogP contribution in [0.2, 0.25) is 0 Å². The molecule has 2 atom stereocenters. The second-order valence-electron chi connectivity index (χ2n) is 8.92. The fraction of sp³-hybridized carbons (Fsp3) is 0.542. The van der Waals surface area contributed by atoms with E-state index < -0.39 is 0 Å². The number of rotatable bonds is 7. The normalized spacial score (nSPS) is 21.8. The third-order valence-electron chi connectivity index (χ3n) is 5.99. The zero-order valence-electron chi connectivity index (χ0n) is 18.3. The summed E-state index contributed by atoms with van der Waals surface area (Å²) in [5, 5.41) is 3.06. The standard InChI is InChI=1S/C24H33N3O3/c1-17(2)14-26-9-11-29-20(15-26)13-25-24(28)21-8-10-30-23(21)16-27-18(3)12-19-6-4-5-7-22(19)27/h4-8,10,17-18,20H,9,11-16H2,1-3H3,(H,25,28). The number of anilines is 1. The average molecular weight is 412 g/mol. The largest absolute Gasteiger partial charge is 0.467 e. The molecular weight excluding hydrogens is 378 g/mol. The average Bonchev–Trinajstić information content (AvgIpc) is 3.31. The van der Waals surface area contributed by atoms with Crippen LogP contribution in [0, 0.1) is 5.92 Å². The van der Waals surface area contributed by atoms with E-state index in [1.54, 1.807) is 12.3 Å². The molecule has 0 aliphatic carbocycles. The van der Waals surface area contributed by atoms with Gasteiger partial charge in [-0.15, -0.1) is 0 Å². The first-order valence-electron chi connectivity index (χ1n) is 11.0. The van der Waals surface area contributed by atoms with Gasteiger partial charge < -0.3 is 19.4 Å². The number of nitrogens with one attached hydrogen (secondary N) is 1. The summed E-state index contributed by atoms with van der Waals surface area (Å²) >= 11 is 0. The molecule has 4 rings (SSSR count). The van der Waals surface area contributed by atoms with Crippen molar-refractivity contribution < 1.29 is 13.9 Å². The molecule has 162 valence electrons. The van der Waals surface area contributed by atoms with E-state index in [-0.39, 0.29) is 12.0 Å². The third kappa shape index (κ3) is 4.71. The molecule has 1 amide bonds. The number of benzene rings is 1. The minimum Gasteiger partial charge on any atom is -0.467 e. The van der Waals surface area contributed by atoms with Crippen molar-refractivity contribution in [2.45, 2.75) is 45.9 Å². The smallest absolute Gasteiger partial charge is 0.254 e. The highest BCUT2D eigenvalue weighted by Crippen LogP contribution is 2.33. The lowest BCUT2D eigenvalue weighted by Crippen LogP contribution is -2.48. The lowest BCUT2D eigenvalue weighted by atomic mass is 10.1. The second kappa shape index (κ2) is 9.23. The van der Waals surface area contributed by atoms with Gasteiger partial charge in [-0.05, 0) is 37.0 Å². The second-order valence-corrected chi connectivity index (χ2v) is 8.92. The third-order valence-corrected chi connectivity index (χ3v) is 5.99. The molecule has 0 saturated carbocycles. The summed E-state index contributed by atoms with van der Waals surface area (Å²) in [7, 11) is 0. The fourth-order valence-electron chi connectivity index (χ4n) is 4.58. The topological polar surface area (TPSA) is 58.0 Å². The number of furan rings is 1. The summed E-state index contributed by atoms with van der Waals surface area (Å²) in [6.07, 6.45) is 2.66. The summed E-state index contributed by atoms with van der Waals surface area (Å²) in [5.74, 6) is 1.25. The maximum absolute atomic E-state index is 12.9. The van der Waals surface area contributed by atoms with E-state index in [9.17, 15) is 4.79 Å². The number of carbonyl (C=O) groups is 1. The Morgan fingerprint density at radius 3 is 2.93 bits per heavy atom. The Morgan fingerprint density at radius 2 is 2.10 bits per heavy atom. The van der Waals surface area contributed by atoms with E-state index in [0.29, 0.717) is 36.4 Å². The number of nitrogens with zero attached hydrogens (tertiary/aromatic N) is 2. The molecule has 1 N–H and O–H groups in total. The maximum atomic E-state index is 12.9. The van der Waals surface area contributed by atoms with Crippen molar-refractivity contribution in [1.82, 2.24) is 10.2 Å². The predicted octanol–water partition coefficient (Wildman–Crippen LogP) is 3.32. The van der Waals surface area contributed by atoms with Crippen LogP contribution in [0.1, 0.15) is 42.5 Å². The van der Waals surface area contributed by atoms with Gasteiger partial charge in [0.15, 0.2) is 0 Å². The number of carbonyl (C=O) groups excluding carboxylic acids is 1. The van der Waals surface area contributed by atoms with E-state index in [2.05, 4.69) is 60.2 Å². The van der Waals surface area contributed by atoms with Gasteiger partial charge in [-0.2, -0.15) is 0 Å². The minimum atomic E-state index is -0.0940. The molecule has 1 aromatic heterocycles. The molecule has 2 aromatic rings. The van der Waals surface area contributed by atoms with Crippen molar-refractivity contribution in [3.05, 3.63) is 53.5 Å². The zero-order chi connectivity index (χ0) is 21.1. The van der Waals surface area contributed by atoms with Crippen LogP contribution in [0.4, 0.5) is 5.69 Å². The summed E-state index contributed by atoms with van der Waals surface area (Å²) < 4.78 is 11.6. The van der Waals surface area contributed by atoms with E-state index >= 15 is 0 Å². The number of fused-ring (bicyclic) bond motifs is 1. The van der Waals surface area contributed by atoms with E-state index in [0.717, 1.165) is 32.7 Å². The van der Waals surface area contributed by atoms with Crippen molar-refractivity contribution in [3.63, 3.8) is 0 Å². The summed E-state index contributed by atoms with van der Waals surface area (Å²) in [4.78, 5) is 17.6. The Morgan fingerprint density at radius 1 is 1.27 bits per heavy atom. The highest BCUT2D eigenvalue weighted by Gasteiger charge is 2.28. The molecule has 3 heterocycles. The van der Waals surface area contributed by atoms with Gasteiger partial charge in [0.05, 0.1) is 31.1 Å². The summed E-state index contributed by atoms with van der Waals surface area (Å²) in [6.45, 7) is 11.4. The molecule has 0 radical (unpaired) electrons. The Bertz CT molecular complexity index is 863. The highest BCUT2D eigenvalue weighted by atomic mass is 16.5. The molecule has 1 aromatic carbocycles. The Kier molecular flexibility index (Phi) is 6.44. The molecule has 0 bridgehead atoms. The number of para-hydroxylation sites is 1. The lowest BCUT2D eigenvalue weighted by molar-refractivity contribution is -0.0295. The van der Waals surface area contributed by atoms with Crippen LogP contribution in [0.25, 0.3) is 0 Å². The van der Waals surface area contributed by atoms with Crippen molar-refractivity contribution in [2.75, 3.05) is 37.7 Å². The first kappa shape index (κ1) is 20.9. The SMILES string of the molecule is CC(C)CN1CCOC(CNC(=O)c2ccoc2CN2c3ccccc3CC2C)C1. The van der Waals surface area contributed by atoms with Gasteiger partial charge in [0.25, 0.3) is 5.91 Å². The van der Waals surface area contributed by atoms with Gasteiger partial charge in [-0.3, -0.25) is 9.69 Å².